The molecule has 0 saturated carbocycles. The van der Waals surface area contributed by atoms with Crippen LogP contribution < -0.4 is 10.2 Å². The number of hydrazone groups is 1. The van der Waals surface area contributed by atoms with Crippen molar-refractivity contribution in [3.63, 3.8) is 0 Å². The van der Waals surface area contributed by atoms with E-state index >= 15 is 0 Å². The number of ether oxygens (including phenoxy) is 1. The van der Waals surface area contributed by atoms with Gasteiger partial charge in [-0.1, -0.05) is 30.3 Å². The highest BCUT2D eigenvalue weighted by Crippen LogP contribution is 2.22. The van der Waals surface area contributed by atoms with Crippen LogP contribution in [0.5, 0.6) is 5.75 Å². The SMILES string of the molecule is O=C(NN=Cc1ccncc1)c1cc(-c2ccc(OCc3ccccc3)cc2)n[nH]1. The largest absolute Gasteiger partial charge is 0.489 e. The Kier molecular flexibility index (Phi) is 5.91. The number of carbonyl (C=O) groups is 1. The van der Waals surface area contributed by atoms with Crippen molar-refractivity contribution < 1.29 is 9.53 Å². The molecule has 0 bridgehead atoms. The van der Waals surface area contributed by atoms with E-state index in [1.165, 1.54) is 0 Å². The van der Waals surface area contributed by atoms with Crippen molar-refractivity contribution in [2.24, 2.45) is 5.10 Å². The lowest BCUT2D eigenvalue weighted by molar-refractivity contribution is 0.0950. The second-order valence-electron chi connectivity index (χ2n) is 6.45. The maximum atomic E-state index is 12.2. The first-order valence-electron chi connectivity index (χ1n) is 9.34. The van der Waals surface area contributed by atoms with E-state index in [0.29, 0.717) is 18.0 Å². The zero-order valence-electron chi connectivity index (χ0n) is 16.0. The van der Waals surface area contributed by atoms with E-state index in [1.54, 1.807) is 36.8 Å². The van der Waals surface area contributed by atoms with Gasteiger partial charge in [0.1, 0.15) is 18.1 Å². The molecular formula is C23H19N5O2. The summed E-state index contributed by atoms with van der Waals surface area (Å²) in [5.41, 5.74) is 6.27. The fraction of sp³-hybridized carbons (Fsp3) is 0.0435. The molecule has 0 atom stereocenters. The third-order valence-corrected chi connectivity index (χ3v) is 4.31. The van der Waals surface area contributed by atoms with Crippen LogP contribution in [0.25, 0.3) is 11.3 Å². The Morgan fingerprint density at radius 3 is 2.57 bits per heavy atom. The van der Waals surface area contributed by atoms with E-state index in [1.807, 2.05) is 54.6 Å². The molecule has 0 aliphatic carbocycles. The highest BCUT2D eigenvalue weighted by Gasteiger charge is 2.10. The number of aromatic nitrogens is 3. The summed E-state index contributed by atoms with van der Waals surface area (Å²) in [7, 11) is 0. The second-order valence-corrected chi connectivity index (χ2v) is 6.45. The van der Waals surface area contributed by atoms with Crippen molar-refractivity contribution in [1.29, 1.82) is 0 Å². The van der Waals surface area contributed by atoms with Crippen molar-refractivity contribution in [2.75, 3.05) is 0 Å². The van der Waals surface area contributed by atoms with Crippen molar-refractivity contribution in [1.82, 2.24) is 20.6 Å². The first-order valence-corrected chi connectivity index (χ1v) is 9.34. The third kappa shape index (κ3) is 4.96. The Labute approximate surface area is 173 Å². The van der Waals surface area contributed by atoms with Crippen molar-refractivity contribution >= 4 is 12.1 Å². The molecule has 7 nitrogen and oxygen atoms in total. The number of nitrogens with one attached hydrogen (secondary N) is 2. The molecule has 148 valence electrons. The molecule has 2 N–H and O–H groups in total. The first kappa shape index (κ1) is 19.1. The summed E-state index contributed by atoms with van der Waals surface area (Å²) in [5, 5.41) is 10.9. The van der Waals surface area contributed by atoms with Gasteiger partial charge in [-0.2, -0.15) is 10.2 Å². The van der Waals surface area contributed by atoms with Gasteiger partial charge in [0.25, 0.3) is 5.91 Å². The van der Waals surface area contributed by atoms with E-state index in [-0.39, 0.29) is 5.91 Å². The molecule has 4 rings (SSSR count). The van der Waals surface area contributed by atoms with Crippen LogP contribution in [0.4, 0.5) is 0 Å². The number of benzene rings is 2. The molecule has 30 heavy (non-hydrogen) atoms. The topological polar surface area (TPSA) is 92.3 Å². The molecule has 0 saturated heterocycles. The summed E-state index contributed by atoms with van der Waals surface area (Å²) < 4.78 is 5.80. The molecule has 2 aromatic carbocycles. The average molecular weight is 397 g/mol. The van der Waals surface area contributed by atoms with Gasteiger partial charge in [-0.05, 0) is 53.6 Å². The number of pyridine rings is 1. The van der Waals surface area contributed by atoms with Crippen LogP contribution in [-0.4, -0.2) is 27.3 Å². The molecule has 1 amide bonds. The Morgan fingerprint density at radius 2 is 1.80 bits per heavy atom. The molecule has 4 aromatic rings. The summed E-state index contributed by atoms with van der Waals surface area (Å²) in [6.07, 6.45) is 4.86. The van der Waals surface area contributed by atoms with Gasteiger partial charge < -0.3 is 4.74 Å². The predicted molar refractivity (Wildman–Crippen MR) is 114 cm³/mol. The molecule has 0 aliphatic rings. The minimum atomic E-state index is -0.373. The lowest BCUT2D eigenvalue weighted by Gasteiger charge is -2.06. The van der Waals surface area contributed by atoms with Crippen LogP contribution in [0.15, 0.2) is 90.3 Å². The van der Waals surface area contributed by atoms with Crippen LogP contribution >= 0.6 is 0 Å². The van der Waals surface area contributed by atoms with Gasteiger partial charge in [0.05, 0.1) is 11.9 Å². The number of nitrogens with zero attached hydrogens (tertiary/aromatic N) is 3. The summed E-state index contributed by atoms with van der Waals surface area (Å²) in [4.78, 5) is 16.2. The molecule has 7 heteroatoms. The number of H-pyrrole nitrogens is 1. The van der Waals surface area contributed by atoms with Crippen LogP contribution in [0.2, 0.25) is 0 Å². The van der Waals surface area contributed by atoms with Crippen molar-refractivity contribution in [3.05, 3.63) is 102 Å². The van der Waals surface area contributed by atoms with E-state index in [9.17, 15) is 4.79 Å². The molecule has 0 fully saturated rings. The average Bonchev–Trinajstić information content (AvgIpc) is 3.30. The number of amides is 1. The van der Waals surface area contributed by atoms with Gasteiger partial charge in [0.15, 0.2) is 0 Å². The summed E-state index contributed by atoms with van der Waals surface area (Å²) in [6, 6.07) is 22.8. The number of aromatic amines is 1. The number of hydrogen-bond acceptors (Lipinski definition) is 5. The lowest BCUT2D eigenvalue weighted by atomic mass is 10.1. The van der Waals surface area contributed by atoms with E-state index in [0.717, 1.165) is 22.4 Å². The Hall–Kier alpha value is -4.26. The summed E-state index contributed by atoms with van der Waals surface area (Å²) in [5.74, 6) is 0.392. The minimum Gasteiger partial charge on any atom is -0.489 e. The maximum absolute atomic E-state index is 12.2. The molecule has 0 aliphatic heterocycles. The Bertz CT molecular complexity index is 1120. The fourth-order valence-electron chi connectivity index (χ4n) is 2.72. The molecular weight excluding hydrogens is 378 g/mol. The number of rotatable bonds is 7. The summed E-state index contributed by atoms with van der Waals surface area (Å²) in [6.45, 7) is 0.507. The Balaban J connectivity index is 1.35. The standard InChI is InChI=1S/C23H19N5O2/c29-23(28-25-15-17-10-12-24-13-11-17)22-14-21(26-27-22)19-6-8-20(9-7-19)30-16-18-4-2-1-3-5-18/h1-15H,16H2,(H,26,27)(H,28,29). The molecule has 0 spiro atoms. The van der Waals surface area contributed by atoms with Gasteiger partial charge in [0, 0.05) is 18.0 Å². The van der Waals surface area contributed by atoms with Gasteiger partial charge in [-0.15, -0.1) is 0 Å². The smallest absolute Gasteiger partial charge is 0.289 e. The normalized spacial score (nSPS) is 10.8. The van der Waals surface area contributed by atoms with Crippen LogP contribution in [0.1, 0.15) is 21.6 Å². The minimum absolute atomic E-state index is 0.321. The molecule has 0 radical (unpaired) electrons. The fourth-order valence-corrected chi connectivity index (χ4v) is 2.72. The van der Waals surface area contributed by atoms with E-state index in [2.05, 4.69) is 25.7 Å². The van der Waals surface area contributed by atoms with Gasteiger partial charge in [-0.25, -0.2) is 5.43 Å². The van der Waals surface area contributed by atoms with Crippen molar-refractivity contribution in [2.45, 2.75) is 6.61 Å². The first-order chi connectivity index (χ1) is 14.8. The van der Waals surface area contributed by atoms with Gasteiger partial charge >= 0.3 is 0 Å². The second kappa shape index (κ2) is 9.29. The quantitative estimate of drug-likeness (QED) is 0.366. The zero-order chi connectivity index (χ0) is 20.6. The van der Waals surface area contributed by atoms with E-state index in [4.69, 9.17) is 4.74 Å². The molecule has 2 aromatic heterocycles. The van der Waals surface area contributed by atoms with Crippen LogP contribution in [0, 0.1) is 0 Å². The van der Waals surface area contributed by atoms with Crippen molar-refractivity contribution in [3.8, 4) is 17.0 Å². The molecule has 0 unspecified atom stereocenters. The predicted octanol–water partition coefficient (Wildman–Crippen LogP) is 3.81. The highest BCUT2D eigenvalue weighted by molar-refractivity contribution is 5.94. The Morgan fingerprint density at radius 1 is 1.03 bits per heavy atom. The maximum Gasteiger partial charge on any atom is 0.289 e. The van der Waals surface area contributed by atoms with Crippen LogP contribution in [0.3, 0.4) is 0 Å². The van der Waals surface area contributed by atoms with E-state index < -0.39 is 0 Å². The van der Waals surface area contributed by atoms with Gasteiger partial charge in [0.2, 0.25) is 0 Å². The third-order valence-electron chi connectivity index (χ3n) is 4.31. The zero-order valence-corrected chi connectivity index (χ0v) is 16.0. The van der Waals surface area contributed by atoms with Crippen LogP contribution in [-0.2, 0) is 6.61 Å². The lowest BCUT2D eigenvalue weighted by Crippen LogP contribution is -2.17. The number of carbonyl (C=O) groups excluding carboxylic acids is 1. The highest BCUT2D eigenvalue weighted by atomic mass is 16.5. The summed E-state index contributed by atoms with van der Waals surface area (Å²) >= 11 is 0. The monoisotopic (exact) mass is 397 g/mol. The number of hydrogen-bond donors (Lipinski definition) is 2. The molecule has 2 heterocycles. The van der Waals surface area contributed by atoms with Gasteiger partial charge in [-0.3, -0.25) is 14.9 Å².